The Hall–Kier alpha value is -3.38. The van der Waals surface area contributed by atoms with Crippen LogP contribution in [0, 0.1) is 6.92 Å². The number of H-pyrrole nitrogens is 1. The molecule has 0 radical (unpaired) electrons. The van der Waals surface area contributed by atoms with E-state index in [1.165, 1.54) is 10.6 Å². The fourth-order valence-electron chi connectivity index (χ4n) is 3.17. The Morgan fingerprint density at radius 1 is 1.14 bits per heavy atom. The van der Waals surface area contributed by atoms with Crippen molar-refractivity contribution in [1.82, 2.24) is 14.6 Å². The van der Waals surface area contributed by atoms with Crippen molar-refractivity contribution in [2.75, 3.05) is 0 Å². The number of aromatic nitrogens is 3. The van der Waals surface area contributed by atoms with E-state index in [2.05, 4.69) is 5.10 Å². The van der Waals surface area contributed by atoms with Crippen LogP contribution in [0.25, 0.3) is 16.9 Å². The number of fused-ring (bicyclic) bond motifs is 1. The number of hydrogen-bond acceptors (Lipinski definition) is 3. The first-order chi connectivity index (χ1) is 13.4. The van der Waals surface area contributed by atoms with E-state index in [9.17, 15) is 9.59 Å². The molecular formula is C21H17ClN4O2. The molecule has 3 N–H and O–H groups in total. The maximum absolute atomic E-state index is 12.6. The molecule has 0 saturated carbocycles. The fourth-order valence-corrected chi connectivity index (χ4v) is 3.29. The van der Waals surface area contributed by atoms with Crippen LogP contribution in [0.5, 0.6) is 0 Å². The van der Waals surface area contributed by atoms with Crippen molar-refractivity contribution in [3.63, 3.8) is 0 Å². The predicted octanol–water partition coefficient (Wildman–Crippen LogP) is 3.34. The number of aromatic amines is 1. The standard InChI is InChI=1S/C21H17ClN4O2/c1-12-17(10-13-2-8-16(22)9-3-13)21-24-18(11-19(27)26(21)25-12)14-4-6-15(7-5-14)20(23)28/h2-9,11,25H,10H2,1H3,(H2,23,28). The van der Waals surface area contributed by atoms with Gasteiger partial charge in [0.1, 0.15) is 0 Å². The first-order valence-electron chi connectivity index (χ1n) is 8.68. The van der Waals surface area contributed by atoms with Crippen molar-refractivity contribution in [2.24, 2.45) is 5.73 Å². The summed E-state index contributed by atoms with van der Waals surface area (Å²) in [4.78, 5) is 28.6. The summed E-state index contributed by atoms with van der Waals surface area (Å²) in [7, 11) is 0. The van der Waals surface area contributed by atoms with Crippen molar-refractivity contribution in [3.8, 4) is 11.3 Å². The number of halogens is 1. The van der Waals surface area contributed by atoms with Crippen LogP contribution in [-0.2, 0) is 6.42 Å². The van der Waals surface area contributed by atoms with Crippen LogP contribution in [0.15, 0.2) is 59.4 Å². The number of nitrogens with two attached hydrogens (primary N) is 1. The molecule has 4 rings (SSSR count). The Kier molecular flexibility index (Phi) is 4.49. The first kappa shape index (κ1) is 18.0. The van der Waals surface area contributed by atoms with Gasteiger partial charge in [0.05, 0.1) is 5.69 Å². The third-order valence-corrected chi connectivity index (χ3v) is 4.93. The Labute approximate surface area is 165 Å². The molecule has 0 saturated heterocycles. The molecule has 2 aromatic carbocycles. The number of carbonyl (C=O) groups is 1. The predicted molar refractivity (Wildman–Crippen MR) is 109 cm³/mol. The zero-order valence-electron chi connectivity index (χ0n) is 15.1. The second-order valence-electron chi connectivity index (χ2n) is 6.60. The van der Waals surface area contributed by atoms with Gasteiger partial charge in [0.15, 0.2) is 5.65 Å². The summed E-state index contributed by atoms with van der Waals surface area (Å²) >= 11 is 5.97. The number of nitrogens with zero attached hydrogens (tertiary/aromatic N) is 2. The lowest BCUT2D eigenvalue weighted by Gasteiger charge is -2.05. The van der Waals surface area contributed by atoms with E-state index in [1.54, 1.807) is 24.3 Å². The van der Waals surface area contributed by atoms with Gasteiger partial charge in [-0.15, -0.1) is 0 Å². The molecule has 0 fully saturated rings. The minimum absolute atomic E-state index is 0.204. The Morgan fingerprint density at radius 2 is 1.82 bits per heavy atom. The van der Waals surface area contributed by atoms with Crippen molar-refractivity contribution in [2.45, 2.75) is 13.3 Å². The summed E-state index contributed by atoms with van der Waals surface area (Å²) in [5.41, 5.74) is 10.2. The van der Waals surface area contributed by atoms with Crippen LogP contribution in [0.4, 0.5) is 0 Å². The quantitative estimate of drug-likeness (QED) is 0.557. The zero-order chi connectivity index (χ0) is 19.8. The summed E-state index contributed by atoms with van der Waals surface area (Å²) in [5, 5.41) is 3.76. The summed E-state index contributed by atoms with van der Waals surface area (Å²) in [5.74, 6) is -0.499. The molecule has 0 spiro atoms. The van der Waals surface area contributed by atoms with Gasteiger partial charge in [-0.2, -0.15) is 0 Å². The van der Waals surface area contributed by atoms with E-state index in [4.69, 9.17) is 22.3 Å². The normalized spacial score (nSPS) is 11.1. The highest BCUT2D eigenvalue weighted by molar-refractivity contribution is 6.30. The summed E-state index contributed by atoms with van der Waals surface area (Å²) < 4.78 is 1.45. The molecule has 0 aliphatic carbocycles. The molecular weight excluding hydrogens is 376 g/mol. The molecule has 4 aromatic rings. The van der Waals surface area contributed by atoms with Gasteiger partial charge in [-0.25, -0.2) is 9.50 Å². The molecule has 7 heteroatoms. The van der Waals surface area contributed by atoms with Gasteiger partial charge in [-0.05, 0) is 36.8 Å². The minimum atomic E-state index is -0.499. The van der Waals surface area contributed by atoms with E-state index in [0.717, 1.165) is 22.4 Å². The number of aryl methyl sites for hydroxylation is 1. The largest absolute Gasteiger partial charge is 0.366 e. The van der Waals surface area contributed by atoms with Crippen LogP contribution in [0.2, 0.25) is 5.02 Å². The van der Waals surface area contributed by atoms with Crippen LogP contribution >= 0.6 is 11.6 Å². The molecule has 0 bridgehead atoms. The monoisotopic (exact) mass is 392 g/mol. The second-order valence-corrected chi connectivity index (χ2v) is 7.04. The van der Waals surface area contributed by atoms with E-state index in [1.807, 2.05) is 31.2 Å². The summed E-state index contributed by atoms with van der Waals surface area (Å²) in [6.07, 6.45) is 0.618. The minimum Gasteiger partial charge on any atom is -0.366 e. The number of primary amides is 1. The molecule has 1 amide bonds. The Morgan fingerprint density at radius 3 is 2.46 bits per heavy atom. The van der Waals surface area contributed by atoms with Gasteiger partial charge < -0.3 is 5.73 Å². The van der Waals surface area contributed by atoms with Crippen molar-refractivity contribution in [3.05, 3.63) is 92.4 Å². The number of carbonyl (C=O) groups excluding carboxylic acids is 1. The van der Waals surface area contributed by atoms with Crippen LogP contribution in [0.1, 0.15) is 27.2 Å². The van der Waals surface area contributed by atoms with Gasteiger partial charge in [-0.1, -0.05) is 35.9 Å². The SMILES string of the molecule is Cc1[nH]n2c(=O)cc(-c3ccc(C(N)=O)cc3)nc2c1Cc1ccc(Cl)cc1. The van der Waals surface area contributed by atoms with Gasteiger partial charge in [0.25, 0.3) is 5.56 Å². The van der Waals surface area contributed by atoms with Crippen molar-refractivity contribution >= 4 is 23.2 Å². The van der Waals surface area contributed by atoms with E-state index < -0.39 is 5.91 Å². The number of nitrogens with one attached hydrogen (secondary N) is 1. The number of benzene rings is 2. The lowest BCUT2D eigenvalue weighted by atomic mass is 10.1. The van der Waals surface area contributed by atoms with Gasteiger partial charge in [0.2, 0.25) is 5.91 Å². The first-order valence-corrected chi connectivity index (χ1v) is 9.06. The molecule has 6 nitrogen and oxygen atoms in total. The maximum Gasteiger partial charge on any atom is 0.273 e. The highest BCUT2D eigenvalue weighted by Crippen LogP contribution is 2.22. The molecule has 2 heterocycles. The molecule has 28 heavy (non-hydrogen) atoms. The topological polar surface area (TPSA) is 93.2 Å². The van der Waals surface area contributed by atoms with Crippen LogP contribution < -0.4 is 11.3 Å². The van der Waals surface area contributed by atoms with Gasteiger partial charge in [-0.3, -0.25) is 14.7 Å². The van der Waals surface area contributed by atoms with E-state index >= 15 is 0 Å². The molecule has 2 aromatic heterocycles. The number of rotatable bonds is 4. The molecule has 140 valence electrons. The highest BCUT2D eigenvalue weighted by Gasteiger charge is 2.14. The molecule has 0 atom stereocenters. The van der Waals surface area contributed by atoms with Crippen molar-refractivity contribution in [1.29, 1.82) is 0 Å². The van der Waals surface area contributed by atoms with Crippen LogP contribution in [-0.4, -0.2) is 20.5 Å². The number of hydrogen-bond donors (Lipinski definition) is 2. The van der Waals surface area contributed by atoms with E-state index in [-0.39, 0.29) is 5.56 Å². The summed E-state index contributed by atoms with van der Waals surface area (Å²) in [6.45, 7) is 1.92. The zero-order valence-corrected chi connectivity index (χ0v) is 15.8. The highest BCUT2D eigenvalue weighted by atomic mass is 35.5. The third kappa shape index (κ3) is 3.30. The molecule has 0 unspecified atom stereocenters. The smallest absolute Gasteiger partial charge is 0.273 e. The second kappa shape index (κ2) is 6.98. The Bertz CT molecular complexity index is 1240. The maximum atomic E-state index is 12.6. The number of amides is 1. The van der Waals surface area contributed by atoms with Crippen LogP contribution in [0.3, 0.4) is 0 Å². The lowest BCUT2D eigenvalue weighted by Crippen LogP contribution is -2.15. The fraction of sp³-hybridized carbons (Fsp3) is 0.0952. The lowest BCUT2D eigenvalue weighted by molar-refractivity contribution is 0.100. The Balaban J connectivity index is 1.81. The van der Waals surface area contributed by atoms with Gasteiger partial charge >= 0.3 is 0 Å². The van der Waals surface area contributed by atoms with Gasteiger partial charge in [0, 0.05) is 39.9 Å². The third-order valence-electron chi connectivity index (χ3n) is 4.68. The van der Waals surface area contributed by atoms with Crippen molar-refractivity contribution < 1.29 is 4.79 Å². The average molecular weight is 393 g/mol. The average Bonchev–Trinajstić information content (AvgIpc) is 3.00. The summed E-state index contributed by atoms with van der Waals surface area (Å²) in [6, 6.07) is 15.8. The van der Waals surface area contributed by atoms with E-state index in [0.29, 0.717) is 28.3 Å². The molecule has 0 aliphatic rings. The molecule has 0 aliphatic heterocycles.